The van der Waals surface area contributed by atoms with Crippen molar-refractivity contribution in [2.75, 3.05) is 4.90 Å². The van der Waals surface area contributed by atoms with Crippen molar-refractivity contribution in [3.8, 4) is 0 Å². The van der Waals surface area contributed by atoms with Crippen LogP contribution in [0.2, 0.25) is 10.0 Å². The Hall–Kier alpha value is -1.31. The van der Waals surface area contributed by atoms with Crippen molar-refractivity contribution in [3.05, 3.63) is 61.6 Å². The Kier molecular flexibility index (Phi) is 4.77. The molecule has 1 N–H and O–H groups in total. The molecule has 1 fully saturated rings. The fraction of sp³-hybridized carbons (Fsp3) is 0.176. The maximum atomic E-state index is 12.9. The SMILES string of the molecule is CC1(Cc2ccc(I)cc2)NC(=O)N(c2cc(Cl)cc(Cl)c2)C1=O. The summed E-state index contributed by atoms with van der Waals surface area (Å²) in [5.74, 6) is -0.329. The first-order valence-corrected chi connectivity index (χ1v) is 8.99. The van der Waals surface area contributed by atoms with Crippen LogP contribution in [0.5, 0.6) is 0 Å². The van der Waals surface area contributed by atoms with Gasteiger partial charge in [-0.15, -0.1) is 0 Å². The zero-order valence-corrected chi connectivity index (χ0v) is 16.3. The number of benzene rings is 2. The number of rotatable bonds is 3. The third-order valence-corrected chi connectivity index (χ3v) is 4.99. The van der Waals surface area contributed by atoms with E-state index in [1.165, 1.54) is 0 Å². The number of nitrogens with zero attached hydrogens (tertiary/aromatic N) is 1. The molecule has 0 spiro atoms. The number of carbonyl (C=O) groups excluding carboxylic acids is 2. The van der Waals surface area contributed by atoms with Gasteiger partial charge in [-0.2, -0.15) is 0 Å². The van der Waals surface area contributed by atoms with Crippen LogP contribution in [0.1, 0.15) is 12.5 Å². The van der Waals surface area contributed by atoms with Gasteiger partial charge in [-0.1, -0.05) is 35.3 Å². The van der Waals surface area contributed by atoms with E-state index in [0.717, 1.165) is 14.0 Å². The lowest BCUT2D eigenvalue weighted by Gasteiger charge is -2.22. The lowest BCUT2D eigenvalue weighted by molar-refractivity contribution is -0.121. The molecule has 1 aliphatic rings. The van der Waals surface area contributed by atoms with E-state index in [4.69, 9.17) is 23.2 Å². The van der Waals surface area contributed by atoms with E-state index in [-0.39, 0.29) is 5.91 Å². The summed E-state index contributed by atoms with van der Waals surface area (Å²) in [6, 6.07) is 12.0. The number of anilines is 1. The Morgan fingerprint density at radius 1 is 1.08 bits per heavy atom. The highest BCUT2D eigenvalue weighted by atomic mass is 127. The van der Waals surface area contributed by atoms with Gasteiger partial charge in [0.1, 0.15) is 5.54 Å². The second kappa shape index (κ2) is 6.54. The Bertz CT molecular complexity index is 806. The molecule has 7 heteroatoms. The Labute approximate surface area is 163 Å². The first-order valence-electron chi connectivity index (χ1n) is 7.16. The van der Waals surface area contributed by atoms with Gasteiger partial charge in [0, 0.05) is 20.0 Å². The van der Waals surface area contributed by atoms with E-state index in [1.54, 1.807) is 25.1 Å². The first kappa shape index (κ1) is 17.5. The molecule has 0 aromatic heterocycles. The highest BCUT2D eigenvalue weighted by Gasteiger charge is 2.48. The number of amides is 3. The van der Waals surface area contributed by atoms with Crippen LogP contribution in [-0.4, -0.2) is 17.5 Å². The van der Waals surface area contributed by atoms with Crippen molar-refractivity contribution in [2.45, 2.75) is 18.9 Å². The van der Waals surface area contributed by atoms with Crippen LogP contribution in [0.4, 0.5) is 10.5 Å². The van der Waals surface area contributed by atoms with Crippen LogP contribution in [0.25, 0.3) is 0 Å². The summed E-state index contributed by atoms with van der Waals surface area (Å²) >= 11 is 14.2. The summed E-state index contributed by atoms with van der Waals surface area (Å²) in [6.07, 6.45) is 0.402. The molecule has 2 aromatic carbocycles. The van der Waals surface area contributed by atoms with Crippen molar-refractivity contribution < 1.29 is 9.59 Å². The molecule has 0 saturated carbocycles. The molecule has 3 rings (SSSR count). The Balaban J connectivity index is 1.91. The second-order valence-corrected chi connectivity index (χ2v) is 7.95. The van der Waals surface area contributed by atoms with Crippen molar-refractivity contribution in [1.82, 2.24) is 5.32 Å². The van der Waals surface area contributed by atoms with Gasteiger partial charge < -0.3 is 5.32 Å². The molecule has 1 atom stereocenters. The molecule has 0 bridgehead atoms. The maximum Gasteiger partial charge on any atom is 0.329 e. The predicted molar refractivity (Wildman–Crippen MR) is 104 cm³/mol. The lowest BCUT2D eigenvalue weighted by Crippen LogP contribution is -2.46. The summed E-state index contributed by atoms with van der Waals surface area (Å²) in [5.41, 5.74) is 0.317. The van der Waals surface area contributed by atoms with E-state index in [1.807, 2.05) is 24.3 Å². The maximum absolute atomic E-state index is 12.9. The van der Waals surface area contributed by atoms with Crippen LogP contribution in [-0.2, 0) is 11.2 Å². The quantitative estimate of drug-likeness (QED) is 0.519. The van der Waals surface area contributed by atoms with E-state index in [2.05, 4.69) is 27.9 Å². The summed E-state index contributed by atoms with van der Waals surface area (Å²) in [5, 5.41) is 3.51. The molecule has 124 valence electrons. The van der Waals surface area contributed by atoms with Gasteiger partial charge in [0.25, 0.3) is 5.91 Å². The largest absolute Gasteiger partial charge is 0.329 e. The summed E-state index contributed by atoms with van der Waals surface area (Å²) in [6.45, 7) is 1.72. The molecule has 3 amide bonds. The average molecular weight is 475 g/mol. The topological polar surface area (TPSA) is 49.4 Å². The van der Waals surface area contributed by atoms with Gasteiger partial charge in [-0.05, 0) is 65.4 Å². The molecular weight excluding hydrogens is 462 g/mol. The minimum Gasteiger partial charge on any atom is -0.323 e. The lowest BCUT2D eigenvalue weighted by atomic mass is 9.93. The van der Waals surface area contributed by atoms with Crippen LogP contribution >= 0.6 is 45.8 Å². The van der Waals surface area contributed by atoms with Gasteiger partial charge in [0.15, 0.2) is 0 Å². The van der Waals surface area contributed by atoms with Gasteiger partial charge in [0.05, 0.1) is 5.69 Å². The van der Waals surface area contributed by atoms with Crippen molar-refractivity contribution in [2.24, 2.45) is 0 Å². The standard InChI is InChI=1S/C17H13Cl2IN2O2/c1-17(9-10-2-4-13(20)5-3-10)15(23)22(16(24)21-17)14-7-11(18)6-12(19)8-14/h2-8H,9H2,1H3,(H,21,24). The number of nitrogens with one attached hydrogen (secondary N) is 1. The summed E-state index contributed by atoms with van der Waals surface area (Å²) in [7, 11) is 0. The number of hydrogen-bond acceptors (Lipinski definition) is 2. The molecule has 1 heterocycles. The zero-order valence-electron chi connectivity index (χ0n) is 12.6. The number of carbonyl (C=O) groups is 2. The summed E-state index contributed by atoms with van der Waals surface area (Å²) < 4.78 is 1.11. The molecule has 1 unspecified atom stereocenters. The normalized spacial score (nSPS) is 20.4. The first-order chi connectivity index (χ1) is 11.3. The van der Waals surface area contributed by atoms with Crippen LogP contribution in [0.3, 0.4) is 0 Å². The number of urea groups is 1. The van der Waals surface area contributed by atoms with Gasteiger partial charge in [-0.3, -0.25) is 4.79 Å². The fourth-order valence-electron chi connectivity index (χ4n) is 2.72. The molecule has 0 radical (unpaired) electrons. The van der Waals surface area contributed by atoms with Gasteiger partial charge >= 0.3 is 6.03 Å². The minimum absolute atomic E-state index is 0.329. The highest BCUT2D eigenvalue weighted by molar-refractivity contribution is 14.1. The number of imide groups is 1. The minimum atomic E-state index is -1.02. The smallest absolute Gasteiger partial charge is 0.323 e. The van der Waals surface area contributed by atoms with Crippen LogP contribution < -0.4 is 10.2 Å². The van der Waals surface area contributed by atoms with Crippen LogP contribution in [0, 0.1) is 3.57 Å². The van der Waals surface area contributed by atoms with Gasteiger partial charge in [0.2, 0.25) is 0 Å². The fourth-order valence-corrected chi connectivity index (χ4v) is 3.59. The predicted octanol–water partition coefficient (Wildman–Crippen LogP) is 4.66. The molecule has 0 aliphatic carbocycles. The van der Waals surface area contributed by atoms with Crippen LogP contribution in [0.15, 0.2) is 42.5 Å². The molecule has 1 aliphatic heterocycles. The van der Waals surface area contributed by atoms with E-state index in [9.17, 15) is 9.59 Å². The Morgan fingerprint density at radius 2 is 1.67 bits per heavy atom. The molecule has 1 saturated heterocycles. The van der Waals surface area contributed by atoms with Crippen molar-refractivity contribution in [1.29, 1.82) is 0 Å². The zero-order chi connectivity index (χ0) is 17.5. The van der Waals surface area contributed by atoms with Crippen molar-refractivity contribution in [3.63, 3.8) is 0 Å². The van der Waals surface area contributed by atoms with E-state index >= 15 is 0 Å². The number of hydrogen-bond donors (Lipinski definition) is 1. The number of halogens is 3. The highest BCUT2D eigenvalue weighted by Crippen LogP contribution is 2.31. The third-order valence-electron chi connectivity index (χ3n) is 3.84. The molecule has 24 heavy (non-hydrogen) atoms. The molecule has 2 aromatic rings. The average Bonchev–Trinajstić information content (AvgIpc) is 2.70. The summed E-state index contributed by atoms with van der Waals surface area (Å²) in [4.78, 5) is 26.3. The van der Waals surface area contributed by atoms with E-state index in [0.29, 0.717) is 22.2 Å². The third kappa shape index (κ3) is 3.38. The van der Waals surface area contributed by atoms with E-state index < -0.39 is 11.6 Å². The van der Waals surface area contributed by atoms with Gasteiger partial charge in [-0.25, -0.2) is 9.69 Å². The molecule has 4 nitrogen and oxygen atoms in total. The Morgan fingerprint density at radius 3 is 2.25 bits per heavy atom. The monoisotopic (exact) mass is 474 g/mol. The second-order valence-electron chi connectivity index (χ2n) is 5.83. The van der Waals surface area contributed by atoms with Crippen molar-refractivity contribution >= 4 is 63.4 Å². The molecular formula is C17H13Cl2IN2O2.